The Bertz CT molecular complexity index is 1660. The third-order valence-electron chi connectivity index (χ3n) is 15.0. The van der Waals surface area contributed by atoms with Crippen LogP contribution in [0.5, 0.6) is 0 Å². The van der Waals surface area contributed by atoms with Crippen molar-refractivity contribution in [2.45, 2.75) is 334 Å². The number of carboxylic acid groups (broad SMARTS) is 1. The van der Waals surface area contributed by atoms with Gasteiger partial charge in [-0.15, -0.1) is 0 Å². The summed E-state index contributed by atoms with van der Waals surface area (Å²) in [6.07, 6.45) is 44.4. The van der Waals surface area contributed by atoms with Crippen LogP contribution in [-0.2, 0) is 47.8 Å². The molecular weight excluding hydrogens is 1060 g/mol. The van der Waals surface area contributed by atoms with Gasteiger partial charge >= 0.3 is 17.9 Å². The number of carbonyl (C=O) groups is 8. The Morgan fingerprint density at radius 1 is 0.427 bits per heavy atom. The van der Waals surface area contributed by atoms with Crippen molar-refractivity contribution in [3.05, 3.63) is 0 Å². The Hall–Kier alpha value is -3.93. The van der Waals surface area contributed by atoms with E-state index in [4.69, 9.17) is 15.2 Å². The first-order valence-corrected chi connectivity index (χ1v) is 34.1. The fourth-order valence-electron chi connectivity index (χ4n) is 9.79. The molecule has 82 heavy (non-hydrogen) atoms. The van der Waals surface area contributed by atoms with E-state index in [0.29, 0.717) is 19.3 Å². The van der Waals surface area contributed by atoms with E-state index in [1.807, 2.05) is 0 Å². The molecule has 0 fully saturated rings. The number of esters is 2. The number of hydrogen-bond donors (Lipinski definition) is 7. The molecular formula is C64H119N5O12S. The maximum atomic E-state index is 14.0. The number of rotatable bonds is 60. The maximum absolute atomic E-state index is 14.0. The van der Waals surface area contributed by atoms with Crippen LogP contribution in [0.3, 0.4) is 0 Å². The second kappa shape index (κ2) is 56.2. The van der Waals surface area contributed by atoms with E-state index >= 15 is 0 Å². The predicted molar refractivity (Wildman–Crippen MR) is 331 cm³/mol. The molecule has 0 aromatic carbocycles. The summed E-state index contributed by atoms with van der Waals surface area (Å²) in [5, 5.41) is 29.2. The van der Waals surface area contributed by atoms with Gasteiger partial charge in [-0.25, -0.2) is 0 Å². The lowest BCUT2D eigenvalue weighted by Gasteiger charge is -2.25. The van der Waals surface area contributed by atoms with E-state index in [0.717, 1.165) is 64.2 Å². The molecule has 0 saturated heterocycles. The van der Waals surface area contributed by atoms with Crippen molar-refractivity contribution in [1.82, 2.24) is 21.3 Å². The fourth-order valence-corrected chi connectivity index (χ4v) is 10.8. The first-order chi connectivity index (χ1) is 39.7. The molecule has 0 saturated carbocycles. The highest BCUT2D eigenvalue weighted by Gasteiger charge is 2.32. The van der Waals surface area contributed by atoms with Gasteiger partial charge in [0.25, 0.3) is 0 Å². The quantitative estimate of drug-likeness (QED) is 0.0221. The highest BCUT2D eigenvalue weighted by Crippen LogP contribution is 2.18. The maximum Gasteiger partial charge on any atom is 0.325 e. The van der Waals surface area contributed by atoms with Crippen molar-refractivity contribution in [1.29, 1.82) is 0 Å². The molecule has 0 heterocycles. The first kappa shape index (κ1) is 78.1. The molecule has 0 radical (unpaired) electrons. The minimum Gasteiger partial charge on any atom is -0.480 e. The van der Waals surface area contributed by atoms with Gasteiger partial charge in [-0.05, 0) is 26.2 Å². The molecule has 8 N–H and O–H groups in total. The van der Waals surface area contributed by atoms with Crippen molar-refractivity contribution in [3.63, 3.8) is 0 Å². The number of ether oxygens (including phenoxy) is 2. The number of aliphatic carboxylic acids is 1. The van der Waals surface area contributed by atoms with Crippen LogP contribution in [0.1, 0.15) is 304 Å². The van der Waals surface area contributed by atoms with Crippen LogP contribution >= 0.6 is 11.8 Å². The van der Waals surface area contributed by atoms with E-state index < -0.39 is 84.8 Å². The molecule has 1 unspecified atom stereocenters. The van der Waals surface area contributed by atoms with Crippen LogP contribution in [0.2, 0.25) is 0 Å². The van der Waals surface area contributed by atoms with Gasteiger partial charge in [0, 0.05) is 30.8 Å². The van der Waals surface area contributed by atoms with Crippen molar-refractivity contribution < 1.29 is 58.0 Å². The molecule has 0 aliphatic heterocycles. The number of nitrogens with two attached hydrogens (primary N) is 1. The lowest BCUT2D eigenvalue weighted by atomic mass is 10.0. The molecule has 0 aliphatic rings. The van der Waals surface area contributed by atoms with E-state index in [2.05, 4.69) is 42.0 Å². The van der Waals surface area contributed by atoms with Gasteiger partial charge in [0.15, 0.2) is 0 Å². The highest BCUT2D eigenvalue weighted by atomic mass is 32.2. The third kappa shape index (κ3) is 48.4. The predicted octanol–water partition coefficient (Wildman–Crippen LogP) is 12.5. The first-order valence-electron chi connectivity index (χ1n) is 32.9. The number of hydrogen-bond acceptors (Lipinski definition) is 12. The molecule has 0 spiro atoms. The summed E-state index contributed by atoms with van der Waals surface area (Å²) >= 11 is 1.18. The number of carbonyl (C=O) groups excluding carboxylic acids is 7. The van der Waals surface area contributed by atoms with E-state index in [1.165, 1.54) is 186 Å². The van der Waals surface area contributed by atoms with Crippen LogP contribution < -0.4 is 27.0 Å². The molecule has 0 aromatic rings. The number of primary amides is 1. The van der Waals surface area contributed by atoms with Crippen molar-refractivity contribution >= 4 is 59.2 Å². The fraction of sp³-hybridized carbons (Fsp3) is 0.875. The minimum absolute atomic E-state index is 0.0600. The van der Waals surface area contributed by atoms with Gasteiger partial charge in [0.1, 0.15) is 36.9 Å². The molecule has 0 rings (SSSR count). The van der Waals surface area contributed by atoms with Crippen LogP contribution in [0.25, 0.3) is 0 Å². The number of nitrogens with one attached hydrogen (secondary N) is 4. The van der Waals surface area contributed by atoms with E-state index in [1.54, 1.807) is 0 Å². The SMILES string of the molecule is CCCCCCCCCCCCCCCC(=O)N[C@@H](CSCC(COC(=O)CCCCCCCCCCCCCCC)OC(=O)CCCCCCCCCCCCCCC)C(=O)N[C@@H](CO)C(=O)N[C@@H](CC(N)=O)C(=O)N[C@@H](C)C(=O)O. The number of unbranched alkanes of at least 4 members (excludes halogenated alkanes) is 36. The molecule has 0 aromatic heterocycles. The van der Waals surface area contributed by atoms with Crippen molar-refractivity contribution in [2.24, 2.45) is 5.73 Å². The Labute approximate surface area is 501 Å². The zero-order chi connectivity index (χ0) is 60.7. The van der Waals surface area contributed by atoms with Gasteiger partial charge in [-0.3, -0.25) is 38.4 Å². The van der Waals surface area contributed by atoms with Crippen molar-refractivity contribution in [2.75, 3.05) is 24.7 Å². The summed E-state index contributed by atoms with van der Waals surface area (Å²) in [7, 11) is 0. The summed E-state index contributed by atoms with van der Waals surface area (Å²) in [5.74, 6) is -6.43. The standard InChI is InChI=1S/C64H119N5O12S/c1-5-8-11-14-17-20-23-26-29-32-35-38-41-44-58(72)67-56(63(77)69-55(48-70)62(76)68-54(47-57(65)71)61(75)66-52(4)64(78)79)51-82-50-53(81-60(74)46-43-40-37-34-31-28-25-22-19-16-13-10-7-3)49-80-59(73)45-42-39-36-33-30-27-24-21-18-15-12-9-6-2/h52-56,70H,5-51H2,1-4H3,(H2,65,71)(H,66,75)(H,67,72)(H,68,76)(H,69,77)(H,78,79)/t52-,53?,54-,55-,56-/m0/s1. The Kier molecular flexibility index (Phi) is 53.5. The molecule has 478 valence electrons. The van der Waals surface area contributed by atoms with E-state index in [-0.39, 0.29) is 43.3 Å². The summed E-state index contributed by atoms with van der Waals surface area (Å²) in [4.78, 5) is 103. The molecule has 0 aliphatic carbocycles. The van der Waals surface area contributed by atoms with Gasteiger partial charge in [-0.1, -0.05) is 252 Å². The van der Waals surface area contributed by atoms with Crippen LogP contribution in [0.15, 0.2) is 0 Å². The summed E-state index contributed by atoms with van der Waals surface area (Å²) < 4.78 is 11.6. The molecule has 0 bridgehead atoms. The Morgan fingerprint density at radius 2 is 0.768 bits per heavy atom. The van der Waals surface area contributed by atoms with Gasteiger partial charge in [0.2, 0.25) is 29.5 Å². The van der Waals surface area contributed by atoms with Crippen LogP contribution in [0, 0.1) is 0 Å². The Balaban J connectivity index is 5.82. The summed E-state index contributed by atoms with van der Waals surface area (Å²) in [6, 6.07) is -5.91. The number of thioether (sulfide) groups is 1. The average Bonchev–Trinajstić information content (AvgIpc) is 3.48. The normalized spacial score (nSPS) is 13.1. The number of amides is 5. The number of aliphatic hydroxyl groups excluding tert-OH is 1. The lowest BCUT2D eigenvalue weighted by molar-refractivity contribution is -0.157. The monoisotopic (exact) mass is 1180 g/mol. The van der Waals surface area contributed by atoms with E-state index in [9.17, 15) is 48.6 Å². The topological polar surface area (TPSA) is 270 Å². The Morgan fingerprint density at radius 3 is 1.15 bits per heavy atom. The minimum atomic E-state index is -1.66. The largest absolute Gasteiger partial charge is 0.480 e. The summed E-state index contributed by atoms with van der Waals surface area (Å²) in [5.41, 5.74) is 5.32. The molecule has 5 amide bonds. The zero-order valence-electron chi connectivity index (χ0n) is 52.1. The second-order valence-electron chi connectivity index (χ2n) is 23.0. The zero-order valence-corrected chi connectivity index (χ0v) is 52.9. The number of aliphatic hydroxyl groups is 1. The second-order valence-corrected chi connectivity index (χ2v) is 24.0. The highest BCUT2D eigenvalue weighted by molar-refractivity contribution is 7.99. The molecule has 5 atom stereocenters. The van der Waals surface area contributed by atoms with Gasteiger partial charge in [0.05, 0.1) is 13.0 Å². The van der Waals surface area contributed by atoms with Crippen molar-refractivity contribution in [3.8, 4) is 0 Å². The van der Waals surface area contributed by atoms with Gasteiger partial charge < -0.3 is 46.7 Å². The smallest absolute Gasteiger partial charge is 0.325 e. The van der Waals surface area contributed by atoms with Crippen LogP contribution in [0.4, 0.5) is 0 Å². The third-order valence-corrected chi connectivity index (χ3v) is 16.2. The summed E-state index contributed by atoms with van der Waals surface area (Å²) in [6.45, 7) is 6.75. The molecule has 17 nitrogen and oxygen atoms in total. The average molecular weight is 1180 g/mol. The van der Waals surface area contributed by atoms with Gasteiger partial charge in [-0.2, -0.15) is 11.8 Å². The number of carboxylic acids is 1. The van der Waals surface area contributed by atoms with Crippen LogP contribution in [-0.4, -0.2) is 113 Å². The lowest BCUT2D eigenvalue weighted by Crippen LogP contribution is -2.59. The molecule has 18 heteroatoms.